The van der Waals surface area contributed by atoms with Crippen LogP contribution in [-0.4, -0.2) is 54.9 Å². The molecule has 2 aromatic rings. The van der Waals surface area contributed by atoms with E-state index in [9.17, 15) is 13.2 Å². The second-order valence-electron chi connectivity index (χ2n) is 7.49. The second kappa shape index (κ2) is 8.67. The van der Waals surface area contributed by atoms with E-state index in [1.54, 1.807) is 24.0 Å². The third-order valence-electron chi connectivity index (χ3n) is 5.71. The summed E-state index contributed by atoms with van der Waals surface area (Å²) in [6.45, 7) is 9.11. The van der Waals surface area contributed by atoms with Gasteiger partial charge in [-0.3, -0.25) is 4.79 Å². The van der Waals surface area contributed by atoms with Crippen LogP contribution in [-0.2, 0) is 16.4 Å². The van der Waals surface area contributed by atoms with Gasteiger partial charge in [0.05, 0.1) is 10.6 Å². The lowest BCUT2D eigenvalue weighted by atomic mass is 9.99. The van der Waals surface area contributed by atoms with Crippen molar-refractivity contribution in [2.24, 2.45) is 0 Å². The van der Waals surface area contributed by atoms with E-state index in [-0.39, 0.29) is 19.0 Å². The molecule has 158 valence electrons. The van der Waals surface area contributed by atoms with Gasteiger partial charge >= 0.3 is 0 Å². The molecule has 0 spiro atoms. The summed E-state index contributed by atoms with van der Waals surface area (Å²) in [5, 5.41) is 3.94. The first kappa shape index (κ1) is 21.5. The van der Waals surface area contributed by atoms with Gasteiger partial charge in [0.15, 0.2) is 0 Å². The van der Waals surface area contributed by atoms with Gasteiger partial charge in [-0.1, -0.05) is 38.1 Å². The molecule has 0 saturated carbocycles. The number of aryl methyl sites for hydroxylation is 2. The van der Waals surface area contributed by atoms with Crippen LogP contribution < -0.4 is 0 Å². The lowest BCUT2D eigenvalue weighted by Crippen LogP contribution is -2.50. The quantitative estimate of drug-likeness (QED) is 0.718. The average Bonchev–Trinajstić information content (AvgIpc) is 3.13. The summed E-state index contributed by atoms with van der Waals surface area (Å²) in [5.74, 6) is 0.758. The summed E-state index contributed by atoms with van der Waals surface area (Å²) in [4.78, 5) is 14.9. The molecule has 8 heteroatoms. The third kappa shape index (κ3) is 4.23. The highest BCUT2D eigenvalue weighted by Gasteiger charge is 2.32. The molecule has 0 aliphatic carbocycles. The summed E-state index contributed by atoms with van der Waals surface area (Å²) < 4.78 is 32.6. The van der Waals surface area contributed by atoms with Gasteiger partial charge in [-0.2, -0.15) is 4.31 Å². The van der Waals surface area contributed by atoms with Gasteiger partial charge in [-0.05, 0) is 43.4 Å². The molecule has 0 bridgehead atoms. The molecule has 1 aromatic carbocycles. The minimum absolute atomic E-state index is 0.143. The number of rotatable bonds is 6. The Morgan fingerprint density at radius 3 is 2.31 bits per heavy atom. The van der Waals surface area contributed by atoms with Crippen LogP contribution in [0.3, 0.4) is 0 Å². The lowest BCUT2D eigenvalue weighted by Gasteiger charge is -2.34. The van der Waals surface area contributed by atoms with Crippen molar-refractivity contribution in [3.8, 4) is 0 Å². The topological polar surface area (TPSA) is 83.7 Å². The fraction of sp³-hybridized carbons (Fsp3) is 0.524. The Balaban J connectivity index is 1.69. The number of benzene rings is 1. The summed E-state index contributed by atoms with van der Waals surface area (Å²) in [7, 11) is -3.57. The van der Waals surface area contributed by atoms with Crippen molar-refractivity contribution in [3.63, 3.8) is 0 Å². The molecule has 1 atom stereocenters. The Kier molecular flexibility index (Phi) is 6.43. The minimum atomic E-state index is -3.57. The molecular formula is C21H29N3O4S. The first-order chi connectivity index (χ1) is 13.8. The number of nitrogens with zero attached hydrogens (tertiary/aromatic N) is 3. The van der Waals surface area contributed by atoms with Gasteiger partial charge in [0.25, 0.3) is 5.91 Å². The van der Waals surface area contributed by atoms with Gasteiger partial charge < -0.3 is 9.42 Å². The molecule has 2 heterocycles. The van der Waals surface area contributed by atoms with Crippen LogP contribution in [0.15, 0.2) is 33.7 Å². The zero-order valence-corrected chi connectivity index (χ0v) is 18.3. The average molecular weight is 420 g/mol. The molecule has 1 amide bonds. The van der Waals surface area contributed by atoms with Crippen molar-refractivity contribution >= 4 is 15.9 Å². The molecule has 1 aliphatic rings. The monoisotopic (exact) mass is 419 g/mol. The minimum Gasteiger partial charge on any atom is -0.361 e. The Bertz CT molecular complexity index is 958. The summed E-state index contributed by atoms with van der Waals surface area (Å²) >= 11 is 0. The highest BCUT2D eigenvalue weighted by Crippen LogP contribution is 2.24. The maximum atomic E-state index is 13.0. The Labute approximate surface area is 172 Å². The molecule has 1 fully saturated rings. The number of piperazine rings is 1. The van der Waals surface area contributed by atoms with E-state index in [1.165, 1.54) is 4.31 Å². The van der Waals surface area contributed by atoms with E-state index >= 15 is 0 Å². The predicted molar refractivity (Wildman–Crippen MR) is 110 cm³/mol. The molecule has 7 nitrogen and oxygen atoms in total. The second-order valence-corrected chi connectivity index (χ2v) is 9.43. The van der Waals surface area contributed by atoms with Crippen LogP contribution in [0, 0.1) is 6.92 Å². The van der Waals surface area contributed by atoms with E-state index in [0.717, 1.165) is 12.0 Å². The number of hydrogen-bond acceptors (Lipinski definition) is 5. The Morgan fingerprint density at radius 1 is 1.14 bits per heavy atom. The van der Waals surface area contributed by atoms with Crippen LogP contribution in [0.4, 0.5) is 0 Å². The molecule has 3 rings (SSSR count). The van der Waals surface area contributed by atoms with Crippen LogP contribution in [0.5, 0.6) is 0 Å². The van der Waals surface area contributed by atoms with Crippen molar-refractivity contribution in [2.45, 2.75) is 51.3 Å². The fourth-order valence-electron chi connectivity index (χ4n) is 3.58. The third-order valence-corrected chi connectivity index (χ3v) is 7.62. The first-order valence-electron chi connectivity index (χ1n) is 10.1. The molecule has 0 radical (unpaired) electrons. The van der Waals surface area contributed by atoms with E-state index in [2.05, 4.69) is 19.0 Å². The fourth-order valence-corrected chi connectivity index (χ4v) is 5.00. The maximum absolute atomic E-state index is 13.0. The number of amides is 1. The highest BCUT2D eigenvalue weighted by molar-refractivity contribution is 7.89. The van der Waals surface area contributed by atoms with Gasteiger partial charge in [-0.15, -0.1) is 0 Å². The number of carbonyl (C=O) groups is 1. The van der Waals surface area contributed by atoms with E-state index in [1.807, 2.05) is 19.1 Å². The van der Waals surface area contributed by atoms with E-state index in [4.69, 9.17) is 4.52 Å². The zero-order chi connectivity index (χ0) is 21.2. The molecular weight excluding hydrogens is 390 g/mol. The molecule has 1 saturated heterocycles. The number of aromatic nitrogens is 1. The maximum Gasteiger partial charge on any atom is 0.259 e. The van der Waals surface area contributed by atoms with Crippen LogP contribution in [0.25, 0.3) is 0 Å². The molecule has 1 aromatic heterocycles. The zero-order valence-electron chi connectivity index (χ0n) is 17.5. The SMILES string of the molecule is CCc1noc(C)c1C(=O)N1CCN(S(=O)(=O)c2ccc([C@H](C)CC)cc2)CC1. The number of hydrogen-bond donors (Lipinski definition) is 0. The van der Waals surface area contributed by atoms with E-state index in [0.29, 0.717) is 47.3 Å². The van der Waals surface area contributed by atoms with Gasteiger partial charge in [0.2, 0.25) is 10.0 Å². The normalized spacial score (nSPS) is 16.8. The van der Waals surface area contributed by atoms with Gasteiger partial charge in [-0.25, -0.2) is 8.42 Å². The summed E-state index contributed by atoms with van der Waals surface area (Å²) in [6, 6.07) is 7.15. The predicted octanol–water partition coefficient (Wildman–Crippen LogP) is 3.21. The molecule has 0 unspecified atom stereocenters. The molecule has 0 N–H and O–H groups in total. The first-order valence-corrected chi connectivity index (χ1v) is 11.6. The molecule has 1 aliphatic heterocycles. The van der Waals surface area contributed by atoms with Crippen molar-refractivity contribution in [2.75, 3.05) is 26.2 Å². The van der Waals surface area contributed by atoms with Crippen LogP contribution in [0.1, 0.15) is 60.5 Å². The van der Waals surface area contributed by atoms with Crippen molar-refractivity contribution < 1.29 is 17.7 Å². The van der Waals surface area contributed by atoms with Crippen LogP contribution >= 0.6 is 0 Å². The summed E-state index contributed by atoms with van der Waals surface area (Å²) in [6.07, 6.45) is 1.62. The van der Waals surface area contributed by atoms with Crippen molar-refractivity contribution in [3.05, 3.63) is 46.8 Å². The van der Waals surface area contributed by atoms with E-state index < -0.39 is 10.0 Å². The van der Waals surface area contributed by atoms with Crippen LogP contribution in [0.2, 0.25) is 0 Å². The number of sulfonamides is 1. The summed E-state index contributed by atoms with van der Waals surface area (Å²) in [5.41, 5.74) is 2.28. The highest BCUT2D eigenvalue weighted by atomic mass is 32.2. The van der Waals surface area contributed by atoms with Gasteiger partial charge in [0, 0.05) is 26.2 Å². The van der Waals surface area contributed by atoms with Crippen molar-refractivity contribution in [1.29, 1.82) is 0 Å². The Morgan fingerprint density at radius 2 is 1.76 bits per heavy atom. The molecule has 29 heavy (non-hydrogen) atoms. The number of carbonyl (C=O) groups excluding carboxylic acids is 1. The lowest BCUT2D eigenvalue weighted by molar-refractivity contribution is 0.0695. The van der Waals surface area contributed by atoms with Crippen molar-refractivity contribution in [1.82, 2.24) is 14.4 Å². The Hall–Kier alpha value is -2.19. The van der Waals surface area contributed by atoms with Gasteiger partial charge in [0.1, 0.15) is 11.3 Å². The largest absolute Gasteiger partial charge is 0.361 e. The standard InChI is InChI=1S/C21H29N3O4S/c1-5-15(3)17-7-9-18(10-8-17)29(26,27)24-13-11-23(12-14-24)21(25)20-16(4)28-22-19(20)6-2/h7-10,15H,5-6,11-14H2,1-4H3/t15-/m1/s1. The smallest absolute Gasteiger partial charge is 0.259 e.